The van der Waals surface area contributed by atoms with Gasteiger partial charge in [0.2, 0.25) is 0 Å². The van der Waals surface area contributed by atoms with E-state index in [0.717, 1.165) is 21.6 Å². The number of halogens is 2. The summed E-state index contributed by atoms with van der Waals surface area (Å²) in [4.78, 5) is 8.78. The van der Waals surface area contributed by atoms with Crippen LogP contribution in [0.4, 0.5) is 0 Å². The standard InChI is InChI=1S/C10H14BrIN2/c1-7(2)3-8(11)4-10-9(12)5-13-6-14-10/h5-8H,3-4H2,1-2H3. The molecule has 0 radical (unpaired) electrons. The van der Waals surface area contributed by atoms with E-state index in [-0.39, 0.29) is 0 Å². The third kappa shape index (κ3) is 4.21. The Balaban J connectivity index is 2.56. The number of nitrogens with zero attached hydrogens (tertiary/aromatic N) is 2. The SMILES string of the molecule is CC(C)CC(Br)Cc1ncncc1I. The summed E-state index contributed by atoms with van der Waals surface area (Å²) in [5, 5.41) is 0. The first kappa shape index (κ1) is 12.4. The zero-order valence-corrected chi connectivity index (χ0v) is 12.1. The molecule has 0 aromatic carbocycles. The molecule has 1 aromatic rings. The molecule has 78 valence electrons. The first-order valence-corrected chi connectivity index (χ1v) is 6.67. The number of hydrogen-bond donors (Lipinski definition) is 0. The Kier molecular flexibility index (Phi) is 5.30. The van der Waals surface area contributed by atoms with Gasteiger partial charge in [0.15, 0.2) is 0 Å². The summed E-state index contributed by atoms with van der Waals surface area (Å²) in [6.45, 7) is 4.47. The van der Waals surface area contributed by atoms with Gasteiger partial charge in [0.1, 0.15) is 6.33 Å². The summed E-state index contributed by atoms with van der Waals surface area (Å²) in [5.74, 6) is 0.721. The van der Waals surface area contributed by atoms with E-state index >= 15 is 0 Å². The third-order valence-corrected chi connectivity index (χ3v) is 3.48. The highest BCUT2D eigenvalue weighted by Crippen LogP contribution is 2.19. The van der Waals surface area contributed by atoms with Gasteiger partial charge in [0.05, 0.1) is 9.26 Å². The van der Waals surface area contributed by atoms with Crippen LogP contribution in [0, 0.1) is 9.49 Å². The first-order valence-electron chi connectivity index (χ1n) is 4.68. The van der Waals surface area contributed by atoms with Crippen molar-refractivity contribution < 1.29 is 0 Å². The molecule has 2 nitrogen and oxygen atoms in total. The Bertz CT molecular complexity index is 291. The highest BCUT2D eigenvalue weighted by molar-refractivity contribution is 14.1. The number of aromatic nitrogens is 2. The monoisotopic (exact) mass is 368 g/mol. The fourth-order valence-electron chi connectivity index (χ4n) is 1.29. The highest BCUT2D eigenvalue weighted by Gasteiger charge is 2.10. The maximum Gasteiger partial charge on any atom is 0.115 e. The zero-order valence-electron chi connectivity index (χ0n) is 8.37. The molecule has 0 aliphatic heterocycles. The molecular weight excluding hydrogens is 355 g/mol. The molecule has 1 unspecified atom stereocenters. The third-order valence-electron chi connectivity index (χ3n) is 1.89. The molecule has 0 aliphatic carbocycles. The first-order chi connectivity index (χ1) is 6.59. The second kappa shape index (κ2) is 6.00. The fourth-order valence-corrected chi connectivity index (χ4v) is 2.87. The summed E-state index contributed by atoms with van der Waals surface area (Å²) in [6, 6.07) is 0. The molecule has 0 fully saturated rings. The second-order valence-electron chi connectivity index (χ2n) is 3.75. The lowest BCUT2D eigenvalue weighted by atomic mass is 10.1. The smallest absolute Gasteiger partial charge is 0.115 e. The Labute approximate surface area is 107 Å². The summed E-state index contributed by atoms with van der Waals surface area (Å²) < 4.78 is 1.15. The van der Waals surface area contributed by atoms with Gasteiger partial charge in [-0.3, -0.25) is 0 Å². The van der Waals surface area contributed by atoms with Gasteiger partial charge < -0.3 is 0 Å². The Morgan fingerprint density at radius 3 is 2.79 bits per heavy atom. The number of rotatable bonds is 4. The van der Waals surface area contributed by atoms with Gasteiger partial charge in [0, 0.05) is 17.4 Å². The van der Waals surface area contributed by atoms with Crippen molar-refractivity contribution >= 4 is 38.5 Å². The van der Waals surface area contributed by atoms with E-state index in [1.807, 2.05) is 6.20 Å². The zero-order chi connectivity index (χ0) is 10.6. The van der Waals surface area contributed by atoms with Crippen molar-refractivity contribution in [3.05, 3.63) is 21.8 Å². The van der Waals surface area contributed by atoms with E-state index in [1.165, 1.54) is 6.42 Å². The lowest BCUT2D eigenvalue weighted by Gasteiger charge is -2.12. The van der Waals surface area contributed by atoms with Crippen molar-refractivity contribution in [2.75, 3.05) is 0 Å². The maximum atomic E-state index is 4.28. The Hall–Kier alpha value is 0.290. The van der Waals surface area contributed by atoms with Crippen molar-refractivity contribution in [2.45, 2.75) is 31.5 Å². The predicted octanol–water partition coefficient (Wildman–Crippen LogP) is 3.43. The Morgan fingerprint density at radius 1 is 1.50 bits per heavy atom. The largest absolute Gasteiger partial charge is 0.244 e. The maximum absolute atomic E-state index is 4.28. The van der Waals surface area contributed by atoms with Crippen molar-refractivity contribution in [2.24, 2.45) is 5.92 Å². The van der Waals surface area contributed by atoms with Crippen LogP contribution in [0.2, 0.25) is 0 Å². The van der Waals surface area contributed by atoms with Crippen LogP contribution < -0.4 is 0 Å². The summed E-state index contributed by atoms with van der Waals surface area (Å²) in [6.07, 6.45) is 5.64. The van der Waals surface area contributed by atoms with Crippen LogP contribution in [0.25, 0.3) is 0 Å². The molecule has 1 atom stereocenters. The van der Waals surface area contributed by atoms with E-state index in [2.05, 4.69) is 62.3 Å². The molecule has 0 N–H and O–H groups in total. The number of hydrogen-bond acceptors (Lipinski definition) is 2. The van der Waals surface area contributed by atoms with Gasteiger partial charge in [-0.2, -0.15) is 0 Å². The molecule has 14 heavy (non-hydrogen) atoms. The van der Waals surface area contributed by atoms with Gasteiger partial charge in [-0.05, 0) is 34.9 Å². The van der Waals surface area contributed by atoms with E-state index in [0.29, 0.717) is 4.83 Å². The molecule has 1 heterocycles. The van der Waals surface area contributed by atoms with Crippen LogP contribution in [0.15, 0.2) is 12.5 Å². The summed E-state index contributed by atoms with van der Waals surface area (Å²) in [5.41, 5.74) is 1.14. The van der Waals surface area contributed by atoms with Gasteiger partial charge in [0.25, 0.3) is 0 Å². The predicted molar refractivity (Wildman–Crippen MR) is 70.6 cm³/mol. The average Bonchev–Trinajstić information content (AvgIpc) is 2.07. The lowest BCUT2D eigenvalue weighted by molar-refractivity contribution is 0.567. The van der Waals surface area contributed by atoms with Crippen molar-refractivity contribution in [1.29, 1.82) is 0 Å². The normalized spacial score (nSPS) is 13.2. The van der Waals surface area contributed by atoms with E-state index < -0.39 is 0 Å². The van der Waals surface area contributed by atoms with Crippen LogP contribution in [-0.4, -0.2) is 14.8 Å². The molecule has 1 aromatic heterocycles. The van der Waals surface area contributed by atoms with E-state index in [1.54, 1.807) is 6.33 Å². The summed E-state index contributed by atoms with van der Waals surface area (Å²) in [7, 11) is 0. The van der Waals surface area contributed by atoms with Crippen LogP contribution in [-0.2, 0) is 6.42 Å². The minimum Gasteiger partial charge on any atom is -0.244 e. The fraction of sp³-hybridized carbons (Fsp3) is 0.600. The molecule has 0 spiro atoms. The van der Waals surface area contributed by atoms with Gasteiger partial charge in [-0.1, -0.05) is 29.8 Å². The molecule has 0 saturated heterocycles. The van der Waals surface area contributed by atoms with Crippen molar-refractivity contribution in [1.82, 2.24) is 9.97 Å². The molecular formula is C10H14BrIN2. The van der Waals surface area contributed by atoms with Gasteiger partial charge in [-0.25, -0.2) is 9.97 Å². The van der Waals surface area contributed by atoms with E-state index in [4.69, 9.17) is 0 Å². The topological polar surface area (TPSA) is 25.8 Å². The Morgan fingerprint density at radius 2 is 2.21 bits per heavy atom. The lowest BCUT2D eigenvalue weighted by Crippen LogP contribution is -2.09. The van der Waals surface area contributed by atoms with E-state index in [9.17, 15) is 0 Å². The second-order valence-corrected chi connectivity index (χ2v) is 6.21. The van der Waals surface area contributed by atoms with Crippen molar-refractivity contribution in [3.63, 3.8) is 0 Å². The van der Waals surface area contributed by atoms with Crippen LogP contribution in [0.3, 0.4) is 0 Å². The average molecular weight is 369 g/mol. The van der Waals surface area contributed by atoms with Crippen LogP contribution >= 0.6 is 38.5 Å². The highest BCUT2D eigenvalue weighted by atomic mass is 127. The molecule has 1 rings (SSSR count). The molecule has 0 amide bonds. The van der Waals surface area contributed by atoms with Crippen LogP contribution in [0.1, 0.15) is 26.0 Å². The molecule has 0 saturated carbocycles. The molecule has 4 heteroatoms. The molecule has 0 bridgehead atoms. The summed E-state index contributed by atoms with van der Waals surface area (Å²) >= 11 is 5.97. The van der Waals surface area contributed by atoms with Gasteiger partial charge >= 0.3 is 0 Å². The van der Waals surface area contributed by atoms with Gasteiger partial charge in [-0.15, -0.1) is 0 Å². The van der Waals surface area contributed by atoms with Crippen molar-refractivity contribution in [3.8, 4) is 0 Å². The quantitative estimate of drug-likeness (QED) is 0.601. The molecule has 0 aliphatic rings. The minimum absolute atomic E-state index is 0.519. The van der Waals surface area contributed by atoms with Crippen LogP contribution in [0.5, 0.6) is 0 Å². The number of alkyl halides is 1. The minimum atomic E-state index is 0.519.